The van der Waals surface area contributed by atoms with Gasteiger partial charge in [-0.15, -0.1) is 0 Å². The fraction of sp³-hybridized carbons (Fsp3) is 0.308. The molecule has 19 heavy (non-hydrogen) atoms. The number of hydrogen-bond acceptors (Lipinski definition) is 5. The van der Waals surface area contributed by atoms with Crippen LogP contribution in [0.5, 0.6) is 5.75 Å². The molecule has 1 atom stereocenters. The Bertz CT molecular complexity index is 497. The molecular formula is C13H14N4O2. The van der Waals surface area contributed by atoms with Gasteiger partial charge in [0.25, 0.3) is 0 Å². The second-order valence-electron chi connectivity index (χ2n) is 3.99. The van der Waals surface area contributed by atoms with Crippen LogP contribution in [0.1, 0.15) is 5.56 Å². The predicted molar refractivity (Wildman–Crippen MR) is 67.6 cm³/mol. The first-order valence-corrected chi connectivity index (χ1v) is 5.64. The van der Waals surface area contributed by atoms with Gasteiger partial charge in [0.15, 0.2) is 0 Å². The molecule has 6 heteroatoms. The fourth-order valence-electron chi connectivity index (χ4n) is 1.59. The molecule has 1 amide bonds. The van der Waals surface area contributed by atoms with Gasteiger partial charge in [-0.3, -0.25) is 4.79 Å². The van der Waals surface area contributed by atoms with Crippen molar-refractivity contribution in [3.63, 3.8) is 0 Å². The van der Waals surface area contributed by atoms with Crippen molar-refractivity contribution in [3.05, 3.63) is 29.8 Å². The quantitative estimate of drug-likeness (QED) is 0.729. The van der Waals surface area contributed by atoms with Crippen LogP contribution in [0.25, 0.3) is 0 Å². The molecule has 0 fully saturated rings. The number of phenols is 1. The fourth-order valence-corrected chi connectivity index (χ4v) is 1.59. The van der Waals surface area contributed by atoms with Crippen molar-refractivity contribution in [2.45, 2.75) is 12.5 Å². The zero-order valence-electron chi connectivity index (χ0n) is 10.3. The van der Waals surface area contributed by atoms with Gasteiger partial charge in [-0.25, -0.2) is 0 Å². The minimum Gasteiger partial charge on any atom is -0.508 e. The molecule has 0 heterocycles. The summed E-state index contributed by atoms with van der Waals surface area (Å²) in [6.07, 6.45) is 0.284. The highest BCUT2D eigenvalue weighted by Gasteiger charge is 2.20. The summed E-state index contributed by atoms with van der Waals surface area (Å²) >= 11 is 0. The number of phenolic OH excluding ortho intramolecular Hbond substituents is 1. The Morgan fingerprint density at radius 2 is 1.79 bits per heavy atom. The lowest BCUT2D eigenvalue weighted by Crippen LogP contribution is -2.45. The van der Waals surface area contributed by atoms with Gasteiger partial charge in [-0.2, -0.15) is 10.5 Å². The van der Waals surface area contributed by atoms with Crippen molar-refractivity contribution in [2.75, 3.05) is 13.1 Å². The van der Waals surface area contributed by atoms with E-state index >= 15 is 0 Å². The van der Waals surface area contributed by atoms with Crippen molar-refractivity contribution in [2.24, 2.45) is 5.73 Å². The first-order chi connectivity index (χ1) is 9.08. The van der Waals surface area contributed by atoms with Crippen LogP contribution in [0.15, 0.2) is 24.3 Å². The molecule has 0 saturated heterocycles. The van der Waals surface area contributed by atoms with E-state index in [0.29, 0.717) is 0 Å². The Labute approximate surface area is 111 Å². The lowest BCUT2D eigenvalue weighted by molar-refractivity contribution is -0.131. The maximum atomic E-state index is 11.9. The van der Waals surface area contributed by atoms with Gasteiger partial charge in [-0.1, -0.05) is 12.1 Å². The van der Waals surface area contributed by atoms with E-state index in [1.54, 1.807) is 12.1 Å². The van der Waals surface area contributed by atoms with Crippen LogP contribution in [0.4, 0.5) is 0 Å². The molecule has 0 aliphatic carbocycles. The summed E-state index contributed by atoms with van der Waals surface area (Å²) in [6, 6.07) is 9.19. The first-order valence-electron chi connectivity index (χ1n) is 5.64. The molecule has 1 unspecified atom stereocenters. The average Bonchev–Trinajstić information content (AvgIpc) is 2.40. The van der Waals surface area contributed by atoms with E-state index in [2.05, 4.69) is 0 Å². The minimum absolute atomic E-state index is 0.138. The van der Waals surface area contributed by atoms with E-state index in [-0.39, 0.29) is 25.3 Å². The normalized spacial score (nSPS) is 11.1. The number of nitrogens with two attached hydrogens (primary N) is 1. The highest BCUT2D eigenvalue weighted by atomic mass is 16.3. The number of carbonyl (C=O) groups excluding carboxylic acids is 1. The lowest BCUT2D eigenvalue weighted by Gasteiger charge is -2.20. The summed E-state index contributed by atoms with van der Waals surface area (Å²) in [5.74, 6) is -0.296. The van der Waals surface area contributed by atoms with Gasteiger partial charge in [-0.05, 0) is 24.1 Å². The third-order valence-corrected chi connectivity index (χ3v) is 2.54. The van der Waals surface area contributed by atoms with Gasteiger partial charge in [0.1, 0.15) is 18.8 Å². The summed E-state index contributed by atoms with van der Waals surface area (Å²) in [6.45, 7) is -0.314. The largest absolute Gasteiger partial charge is 0.508 e. The van der Waals surface area contributed by atoms with E-state index in [4.69, 9.17) is 21.4 Å². The van der Waals surface area contributed by atoms with Gasteiger partial charge >= 0.3 is 0 Å². The third-order valence-electron chi connectivity index (χ3n) is 2.54. The smallest absolute Gasteiger partial charge is 0.241 e. The molecule has 3 N–H and O–H groups in total. The molecule has 0 bridgehead atoms. The zero-order valence-corrected chi connectivity index (χ0v) is 10.3. The van der Waals surface area contributed by atoms with Crippen molar-refractivity contribution in [1.82, 2.24) is 4.90 Å². The topological polar surface area (TPSA) is 114 Å². The summed E-state index contributed by atoms with van der Waals surface area (Å²) in [5.41, 5.74) is 6.57. The second kappa shape index (κ2) is 7.00. The van der Waals surface area contributed by atoms with Crippen molar-refractivity contribution < 1.29 is 9.90 Å². The monoisotopic (exact) mass is 258 g/mol. The average molecular weight is 258 g/mol. The van der Waals surface area contributed by atoms with E-state index in [0.717, 1.165) is 10.5 Å². The number of carbonyl (C=O) groups is 1. The number of aromatic hydroxyl groups is 1. The Morgan fingerprint density at radius 3 is 2.26 bits per heavy atom. The first kappa shape index (κ1) is 14.5. The van der Waals surface area contributed by atoms with Gasteiger partial charge in [0.05, 0.1) is 18.2 Å². The molecule has 0 aliphatic rings. The van der Waals surface area contributed by atoms with Crippen LogP contribution >= 0.6 is 0 Å². The van der Waals surface area contributed by atoms with Crippen molar-refractivity contribution in [1.29, 1.82) is 10.5 Å². The number of amides is 1. The van der Waals surface area contributed by atoms with Gasteiger partial charge in [0, 0.05) is 0 Å². The van der Waals surface area contributed by atoms with E-state index in [1.807, 2.05) is 12.1 Å². The Balaban J connectivity index is 2.68. The maximum Gasteiger partial charge on any atom is 0.241 e. The van der Waals surface area contributed by atoms with Gasteiger partial charge < -0.3 is 15.7 Å². The molecule has 0 spiro atoms. The van der Waals surface area contributed by atoms with E-state index < -0.39 is 11.9 Å². The summed E-state index contributed by atoms with van der Waals surface area (Å²) < 4.78 is 0. The summed E-state index contributed by atoms with van der Waals surface area (Å²) in [5, 5.41) is 26.3. The molecule has 0 aromatic heterocycles. The van der Waals surface area contributed by atoms with Crippen LogP contribution in [-0.2, 0) is 11.2 Å². The number of nitrogens with zero attached hydrogens (tertiary/aromatic N) is 3. The standard InChI is InChI=1S/C13H14N4O2/c14-5-7-17(8-6-15)13(19)12(16)9-10-1-3-11(18)4-2-10/h1-4,12,18H,7-9,16H2. The Hall–Kier alpha value is -2.57. The van der Waals surface area contributed by atoms with Crippen LogP contribution in [-0.4, -0.2) is 35.0 Å². The number of rotatable bonds is 5. The minimum atomic E-state index is -0.814. The molecule has 1 rings (SSSR count). The van der Waals surface area contributed by atoms with Crippen LogP contribution in [0, 0.1) is 22.7 Å². The molecular weight excluding hydrogens is 244 g/mol. The molecule has 0 saturated carbocycles. The molecule has 6 nitrogen and oxygen atoms in total. The Morgan fingerprint density at radius 1 is 1.26 bits per heavy atom. The summed E-state index contributed by atoms with van der Waals surface area (Å²) in [4.78, 5) is 13.1. The van der Waals surface area contributed by atoms with Crippen LogP contribution < -0.4 is 5.73 Å². The highest BCUT2D eigenvalue weighted by molar-refractivity contribution is 5.82. The SMILES string of the molecule is N#CCN(CC#N)C(=O)C(N)Cc1ccc(O)cc1. The Kier molecular flexibility index (Phi) is 5.34. The second-order valence-corrected chi connectivity index (χ2v) is 3.99. The molecule has 1 aromatic rings. The molecule has 0 radical (unpaired) electrons. The predicted octanol–water partition coefficient (Wildman–Crippen LogP) is 0.138. The lowest BCUT2D eigenvalue weighted by atomic mass is 10.1. The van der Waals surface area contributed by atoms with Crippen LogP contribution in [0.2, 0.25) is 0 Å². The van der Waals surface area contributed by atoms with Crippen LogP contribution in [0.3, 0.4) is 0 Å². The van der Waals surface area contributed by atoms with Gasteiger partial charge in [0.2, 0.25) is 5.91 Å². The maximum absolute atomic E-state index is 11.9. The number of benzene rings is 1. The third kappa shape index (κ3) is 4.30. The summed E-state index contributed by atoms with van der Waals surface area (Å²) in [7, 11) is 0. The van der Waals surface area contributed by atoms with E-state index in [1.165, 1.54) is 12.1 Å². The zero-order chi connectivity index (χ0) is 14.3. The molecule has 1 aromatic carbocycles. The van der Waals surface area contributed by atoms with E-state index in [9.17, 15) is 4.79 Å². The highest BCUT2D eigenvalue weighted by Crippen LogP contribution is 2.11. The van der Waals surface area contributed by atoms with Crippen molar-refractivity contribution in [3.8, 4) is 17.9 Å². The molecule has 0 aliphatic heterocycles. The number of hydrogen-bond donors (Lipinski definition) is 2. The molecule has 98 valence electrons. The number of nitriles is 2. The van der Waals surface area contributed by atoms with Crippen molar-refractivity contribution >= 4 is 5.91 Å².